The number of ether oxygens (including phenoxy) is 2. The Hall–Kier alpha value is -1.89. The molecule has 0 spiro atoms. The molecule has 7 heteroatoms. The molecule has 0 aromatic heterocycles. The van der Waals surface area contributed by atoms with Gasteiger partial charge in [-0.2, -0.15) is 8.78 Å². The van der Waals surface area contributed by atoms with E-state index < -0.39 is 6.61 Å². The first-order valence-electron chi connectivity index (χ1n) is 8.52. The largest absolute Gasteiger partial charge is 0.493 e. The number of nitrogens with zero attached hydrogens (tertiary/aromatic N) is 1. The molecule has 0 radical (unpaired) electrons. The minimum atomic E-state index is -2.94. The minimum Gasteiger partial charge on any atom is -0.493 e. The third-order valence-corrected chi connectivity index (χ3v) is 4.30. The molecule has 140 valence electrons. The highest BCUT2D eigenvalue weighted by molar-refractivity contribution is 5.94. The summed E-state index contributed by atoms with van der Waals surface area (Å²) in [5, 5.41) is 2.86. The lowest BCUT2D eigenvalue weighted by atomic mass is 9.92. The Morgan fingerprint density at radius 2 is 1.96 bits per heavy atom. The van der Waals surface area contributed by atoms with Crippen LogP contribution < -0.4 is 14.8 Å². The average Bonchev–Trinajstić information content (AvgIpc) is 2.53. The van der Waals surface area contributed by atoms with Gasteiger partial charge in [0.2, 0.25) is 0 Å². The van der Waals surface area contributed by atoms with Crippen molar-refractivity contribution in [1.82, 2.24) is 10.2 Å². The summed E-state index contributed by atoms with van der Waals surface area (Å²) in [5.74, 6) is 1.09. The highest BCUT2D eigenvalue weighted by atomic mass is 19.3. The number of benzene rings is 1. The molecule has 1 amide bonds. The molecule has 0 aliphatic carbocycles. The molecular formula is C18H26F2N2O3. The summed E-state index contributed by atoms with van der Waals surface area (Å²) < 4.78 is 34.0. The van der Waals surface area contributed by atoms with Gasteiger partial charge in [0.25, 0.3) is 5.91 Å². The van der Waals surface area contributed by atoms with Gasteiger partial charge in [-0.3, -0.25) is 4.79 Å². The van der Waals surface area contributed by atoms with Crippen LogP contribution in [0.25, 0.3) is 0 Å². The van der Waals surface area contributed by atoms with Gasteiger partial charge in [0.15, 0.2) is 11.5 Å². The maximum Gasteiger partial charge on any atom is 0.387 e. The zero-order valence-corrected chi connectivity index (χ0v) is 14.9. The molecule has 0 bridgehead atoms. The summed E-state index contributed by atoms with van der Waals surface area (Å²) in [7, 11) is 1.34. The maximum atomic E-state index is 12.3. The number of piperidine rings is 1. The van der Waals surface area contributed by atoms with Crippen molar-refractivity contribution >= 4 is 5.91 Å². The van der Waals surface area contributed by atoms with E-state index in [0.717, 1.165) is 19.6 Å². The van der Waals surface area contributed by atoms with Crippen LogP contribution in [0.15, 0.2) is 18.2 Å². The van der Waals surface area contributed by atoms with E-state index in [1.807, 2.05) is 0 Å². The van der Waals surface area contributed by atoms with Gasteiger partial charge in [0.1, 0.15) is 0 Å². The molecule has 1 heterocycles. The maximum absolute atomic E-state index is 12.3. The molecule has 1 fully saturated rings. The Kier molecular flexibility index (Phi) is 6.99. The Labute approximate surface area is 147 Å². The highest BCUT2D eigenvalue weighted by Gasteiger charge is 2.21. The summed E-state index contributed by atoms with van der Waals surface area (Å²) in [6, 6.07) is 4.16. The number of methoxy groups -OCH3 is 1. The zero-order valence-electron chi connectivity index (χ0n) is 14.9. The number of hydrogen-bond acceptors (Lipinski definition) is 4. The summed E-state index contributed by atoms with van der Waals surface area (Å²) in [6.07, 6.45) is 1.25. The summed E-state index contributed by atoms with van der Waals surface area (Å²) >= 11 is 0. The third-order valence-electron chi connectivity index (χ3n) is 4.30. The van der Waals surface area contributed by atoms with Crippen molar-refractivity contribution in [3.8, 4) is 11.5 Å². The quantitative estimate of drug-likeness (QED) is 0.816. The fourth-order valence-electron chi connectivity index (χ4n) is 3.41. The molecular weight excluding hydrogens is 330 g/mol. The topological polar surface area (TPSA) is 50.8 Å². The van der Waals surface area contributed by atoms with Crippen molar-refractivity contribution in [2.45, 2.75) is 26.9 Å². The average molecular weight is 356 g/mol. The number of rotatable bonds is 7. The molecule has 0 saturated carbocycles. The fourth-order valence-corrected chi connectivity index (χ4v) is 3.41. The van der Waals surface area contributed by atoms with Gasteiger partial charge in [0.05, 0.1) is 7.11 Å². The Morgan fingerprint density at radius 1 is 1.28 bits per heavy atom. The number of alkyl halides is 2. The summed E-state index contributed by atoms with van der Waals surface area (Å²) in [4.78, 5) is 14.6. The number of amides is 1. The van der Waals surface area contributed by atoms with E-state index >= 15 is 0 Å². The van der Waals surface area contributed by atoms with Crippen LogP contribution in [0, 0.1) is 11.8 Å². The molecule has 1 N–H and O–H groups in total. The molecule has 5 nitrogen and oxygen atoms in total. The minimum absolute atomic E-state index is 0.0923. The van der Waals surface area contributed by atoms with E-state index in [4.69, 9.17) is 4.74 Å². The normalized spacial score (nSPS) is 21.2. The van der Waals surface area contributed by atoms with E-state index in [2.05, 4.69) is 28.8 Å². The van der Waals surface area contributed by atoms with Gasteiger partial charge in [-0.25, -0.2) is 0 Å². The van der Waals surface area contributed by atoms with Crippen LogP contribution in [0.5, 0.6) is 11.5 Å². The second kappa shape index (κ2) is 8.99. The van der Waals surface area contributed by atoms with Crippen molar-refractivity contribution in [3.05, 3.63) is 23.8 Å². The van der Waals surface area contributed by atoms with Crippen LogP contribution in [0.1, 0.15) is 30.6 Å². The molecule has 1 aliphatic heterocycles. The number of carbonyl (C=O) groups is 1. The molecule has 1 aliphatic rings. The molecule has 25 heavy (non-hydrogen) atoms. The van der Waals surface area contributed by atoms with Crippen LogP contribution in [0.3, 0.4) is 0 Å². The van der Waals surface area contributed by atoms with Gasteiger partial charge in [-0.1, -0.05) is 13.8 Å². The molecule has 1 aromatic rings. The second-order valence-corrected chi connectivity index (χ2v) is 6.71. The number of likely N-dealkylation sites (tertiary alicyclic amines) is 1. The van der Waals surface area contributed by atoms with E-state index in [0.29, 0.717) is 23.9 Å². The Bertz CT molecular complexity index is 573. The van der Waals surface area contributed by atoms with Crippen molar-refractivity contribution < 1.29 is 23.0 Å². The van der Waals surface area contributed by atoms with E-state index in [9.17, 15) is 13.6 Å². The van der Waals surface area contributed by atoms with Crippen molar-refractivity contribution in [2.75, 3.05) is 33.3 Å². The lowest BCUT2D eigenvalue weighted by Gasteiger charge is -2.34. The van der Waals surface area contributed by atoms with Gasteiger partial charge in [-0.15, -0.1) is 0 Å². The van der Waals surface area contributed by atoms with Crippen molar-refractivity contribution in [2.24, 2.45) is 11.8 Å². The van der Waals surface area contributed by atoms with Gasteiger partial charge in [-0.05, 0) is 36.5 Å². The number of carbonyl (C=O) groups excluding carboxylic acids is 1. The lowest BCUT2D eigenvalue weighted by Crippen LogP contribution is -2.42. The zero-order chi connectivity index (χ0) is 18.4. The van der Waals surface area contributed by atoms with E-state index in [1.54, 1.807) is 0 Å². The Balaban J connectivity index is 1.88. The van der Waals surface area contributed by atoms with Crippen LogP contribution in [-0.2, 0) is 0 Å². The predicted molar refractivity (Wildman–Crippen MR) is 91.3 cm³/mol. The molecule has 2 atom stereocenters. The first-order chi connectivity index (χ1) is 11.9. The molecule has 1 aromatic carbocycles. The standard InChI is InChI=1S/C18H26F2N2O3/c1-12-8-13(2)11-22(10-12)7-6-21-17(23)14-4-5-15(25-18(19)20)16(9-14)24-3/h4-5,9,12-13,18H,6-8,10-11H2,1-3H3,(H,21,23). The molecule has 1 saturated heterocycles. The highest BCUT2D eigenvalue weighted by Crippen LogP contribution is 2.29. The number of hydrogen-bond donors (Lipinski definition) is 1. The van der Waals surface area contributed by atoms with Crippen molar-refractivity contribution in [1.29, 1.82) is 0 Å². The van der Waals surface area contributed by atoms with Crippen LogP contribution in [0.4, 0.5) is 8.78 Å². The van der Waals surface area contributed by atoms with Gasteiger partial charge in [0, 0.05) is 31.7 Å². The van der Waals surface area contributed by atoms with Crippen molar-refractivity contribution in [3.63, 3.8) is 0 Å². The summed E-state index contributed by atoms with van der Waals surface area (Å²) in [6.45, 7) is 4.98. The van der Waals surface area contributed by atoms with Crippen LogP contribution in [-0.4, -0.2) is 50.7 Å². The first-order valence-corrected chi connectivity index (χ1v) is 8.52. The van der Waals surface area contributed by atoms with E-state index in [1.165, 1.54) is 31.7 Å². The van der Waals surface area contributed by atoms with Gasteiger partial charge >= 0.3 is 6.61 Å². The molecule has 2 rings (SSSR count). The predicted octanol–water partition coefficient (Wildman–Crippen LogP) is 3.00. The SMILES string of the molecule is COc1cc(C(=O)NCCN2CC(C)CC(C)C2)ccc1OC(F)F. The monoisotopic (exact) mass is 356 g/mol. The number of halogens is 2. The van der Waals surface area contributed by atoms with Crippen LogP contribution >= 0.6 is 0 Å². The van der Waals surface area contributed by atoms with E-state index in [-0.39, 0.29) is 17.4 Å². The molecule has 2 unspecified atom stereocenters. The third kappa shape index (κ3) is 5.85. The Morgan fingerprint density at radius 3 is 2.56 bits per heavy atom. The fraction of sp³-hybridized carbons (Fsp3) is 0.611. The first kappa shape index (κ1) is 19.4. The summed E-state index contributed by atoms with van der Waals surface area (Å²) in [5.41, 5.74) is 0.346. The van der Waals surface area contributed by atoms with Gasteiger partial charge < -0.3 is 19.7 Å². The number of nitrogens with one attached hydrogen (secondary N) is 1. The van der Waals surface area contributed by atoms with Crippen LogP contribution in [0.2, 0.25) is 0 Å². The smallest absolute Gasteiger partial charge is 0.387 e. The lowest BCUT2D eigenvalue weighted by molar-refractivity contribution is -0.0512. The second-order valence-electron chi connectivity index (χ2n) is 6.71.